The molecule has 2 aliphatic carbocycles. The molecule has 2 aromatic carbocycles. The SMILES string of the molecule is Cl.O=C(O)C1=CCCN(C2CCC3(Cc4ccccc4Cc4ccccc43)C2)C1. The van der Waals surface area contributed by atoms with E-state index in [1.165, 1.54) is 28.7 Å². The zero-order chi connectivity index (χ0) is 19.1. The molecule has 1 aliphatic heterocycles. The molecule has 2 atom stereocenters. The second-order valence-electron chi connectivity index (χ2n) is 8.75. The first-order valence-corrected chi connectivity index (χ1v) is 10.5. The minimum atomic E-state index is -0.758. The Bertz CT molecular complexity index is 953. The lowest BCUT2D eigenvalue weighted by molar-refractivity contribution is -0.133. The lowest BCUT2D eigenvalue weighted by Crippen LogP contribution is -2.40. The van der Waals surface area contributed by atoms with E-state index < -0.39 is 5.97 Å². The van der Waals surface area contributed by atoms with Crippen LogP contribution in [0.3, 0.4) is 0 Å². The van der Waals surface area contributed by atoms with Crippen LogP contribution in [0.4, 0.5) is 0 Å². The Morgan fingerprint density at radius 2 is 1.76 bits per heavy atom. The molecule has 0 saturated heterocycles. The van der Waals surface area contributed by atoms with Gasteiger partial charge in [-0.3, -0.25) is 4.90 Å². The third kappa shape index (κ3) is 3.62. The van der Waals surface area contributed by atoms with Crippen LogP contribution >= 0.6 is 12.4 Å². The van der Waals surface area contributed by atoms with Gasteiger partial charge in [-0.05, 0) is 60.8 Å². The van der Waals surface area contributed by atoms with Crippen molar-refractivity contribution in [2.45, 2.75) is 50.0 Å². The maximum atomic E-state index is 11.5. The highest BCUT2D eigenvalue weighted by Crippen LogP contribution is 2.49. The van der Waals surface area contributed by atoms with Crippen molar-refractivity contribution < 1.29 is 9.90 Å². The fourth-order valence-electron chi connectivity index (χ4n) is 5.81. The number of benzene rings is 2. The van der Waals surface area contributed by atoms with Gasteiger partial charge in [0.25, 0.3) is 0 Å². The molecule has 1 saturated carbocycles. The smallest absolute Gasteiger partial charge is 0.332 e. The first-order chi connectivity index (χ1) is 13.6. The van der Waals surface area contributed by atoms with E-state index >= 15 is 0 Å². The van der Waals surface area contributed by atoms with Crippen LogP contribution in [0.5, 0.6) is 0 Å². The van der Waals surface area contributed by atoms with Crippen LogP contribution in [-0.4, -0.2) is 35.1 Å². The number of rotatable bonds is 2. The van der Waals surface area contributed by atoms with E-state index in [9.17, 15) is 9.90 Å². The Balaban J connectivity index is 0.00000205. The minimum absolute atomic E-state index is 0. The maximum Gasteiger partial charge on any atom is 0.332 e. The predicted octanol–water partition coefficient (Wildman–Crippen LogP) is 4.76. The van der Waals surface area contributed by atoms with Gasteiger partial charge < -0.3 is 5.11 Å². The molecule has 2 unspecified atom stereocenters. The molecule has 2 aromatic rings. The number of hydrogen-bond donors (Lipinski definition) is 1. The van der Waals surface area contributed by atoms with Crippen molar-refractivity contribution in [2.75, 3.05) is 13.1 Å². The molecule has 1 N–H and O–H groups in total. The molecular formula is C25H28ClNO2. The molecule has 4 heteroatoms. The second-order valence-corrected chi connectivity index (χ2v) is 8.75. The van der Waals surface area contributed by atoms with Crippen LogP contribution in [0.15, 0.2) is 60.2 Å². The molecule has 29 heavy (non-hydrogen) atoms. The quantitative estimate of drug-likeness (QED) is 0.777. The van der Waals surface area contributed by atoms with Crippen molar-refractivity contribution in [1.29, 1.82) is 0 Å². The third-order valence-electron chi connectivity index (χ3n) is 7.17. The van der Waals surface area contributed by atoms with Crippen molar-refractivity contribution >= 4 is 18.4 Å². The molecule has 3 nitrogen and oxygen atoms in total. The molecule has 152 valence electrons. The zero-order valence-electron chi connectivity index (χ0n) is 16.6. The van der Waals surface area contributed by atoms with Crippen LogP contribution in [0.2, 0.25) is 0 Å². The zero-order valence-corrected chi connectivity index (χ0v) is 17.5. The molecule has 1 fully saturated rings. The third-order valence-corrected chi connectivity index (χ3v) is 7.17. The van der Waals surface area contributed by atoms with Crippen molar-refractivity contribution in [3.63, 3.8) is 0 Å². The van der Waals surface area contributed by atoms with E-state index in [-0.39, 0.29) is 17.8 Å². The molecular weight excluding hydrogens is 382 g/mol. The van der Waals surface area contributed by atoms with Gasteiger partial charge >= 0.3 is 5.97 Å². The molecule has 0 aromatic heterocycles. The number of hydrogen-bond acceptors (Lipinski definition) is 2. The summed E-state index contributed by atoms with van der Waals surface area (Å²) in [6, 6.07) is 18.4. The average molecular weight is 410 g/mol. The van der Waals surface area contributed by atoms with Crippen molar-refractivity contribution in [3.8, 4) is 0 Å². The van der Waals surface area contributed by atoms with Crippen LogP contribution in [0.25, 0.3) is 0 Å². The highest BCUT2D eigenvalue weighted by atomic mass is 35.5. The number of fused-ring (bicyclic) bond motifs is 3. The molecule has 3 aliphatic rings. The van der Waals surface area contributed by atoms with E-state index in [2.05, 4.69) is 53.4 Å². The number of nitrogens with zero attached hydrogens (tertiary/aromatic N) is 1. The number of carbonyl (C=O) groups is 1. The summed E-state index contributed by atoms with van der Waals surface area (Å²) in [4.78, 5) is 13.9. The van der Waals surface area contributed by atoms with Crippen LogP contribution in [-0.2, 0) is 23.1 Å². The number of halogens is 1. The van der Waals surface area contributed by atoms with Crippen LogP contribution < -0.4 is 0 Å². The summed E-state index contributed by atoms with van der Waals surface area (Å²) < 4.78 is 0. The van der Waals surface area contributed by atoms with E-state index in [0.717, 1.165) is 38.6 Å². The lowest BCUT2D eigenvalue weighted by atomic mass is 9.73. The Hall–Kier alpha value is -2.10. The monoisotopic (exact) mass is 409 g/mol. The van der Waals surface area contributed by atoms with E-state index in [4.69, 9.17) is 0 Å². The first-order valence-electron chi connectivity index (χ1n) is 10.5. The highest BCUT2D eigenvalue weighted by molar-refractivity contribution is 5.87. The number of carboxylic acid groups (broad SMARTS) is 1. The summed E-state index contributed by atoms with van der Waals surface area (Å²) >= 11 is 0. The number of carboxylic acids is 1. The topological polar surface area (TPSA) is 40.5 Å². The highest BCUT2D eigenvalue weighted by Gasteiger charge is 2.45. The van der Waals surface area contributed by atoms with Crippen LogP contribution in [0.1, 0.15) is 47.9 Å². The molecule has 1 spiro atoms. The predicted molar refractivity (Wildman–Crippen MR) is 118 cm³/mol. The minimum Gasteiger partial charge on any atom is -0.478 e. The van der Waals surface area contributed by atoms with Gasteiger partial charge in [0.2, 0.25) is 0 Å². The largest absolute Gasteiger partial charge is 0.478 e. The summed E-state index contributed by atoms with van der Waals surface area (Å²) in [5.74, 6) is -0.758. The van der Waals surface area contributed by atoms with Crippen LogP contribution in [0, 0.1) is 0 Å². The van der Waals surface area contributed by atoms with Gasteiger partial charge in [-0.1, -0.05) is 54.6 Å². The van der Waals surface area contributed by atoms with Gasteiger partial charge in [0.05, 0.1) is 0 Å². The van der Waals surface area contributed by atoms with Crippen molar-refractivity contribution in [1.82, 2.24) is 4.90 Å². The molecule has 5 rings (SSSR count). The van der Waals surface area contributed by atoms with Crippen molar-refractivity contribution in [3.05, 3.63) is 82.4 Å². The van der Waals surface area contributed by atoms with Gasteiger partial charge in [0, 0.05) is 30.1 Å². The van der Waals surface area contributed by atoms with Gasteiger partial charge in [-0.15, -0.1) is 12.4 Å². The first kappa shape index (κ1) is 20.2. The van der Waals surface area contributed by atoms with Gasteiger partial charge in [0.1, 0.15) is 0 Å². The van der Waals surface area contributed by atoms with E-state index in [0.29, 0.717) is 18.2 Å². The summed E-state index contributed by atoms with van der Waals surface area (Å²) in [5, 5.41) is 9.42. The maximum absolute atomic E-state index is 11.5. The normalized spacial score (nSPS) is 26.1. The Labute approximate surface area is 178 Å². The average Bonchev–Trinajstić information content (AvgIpc) is 3.09. The summed E-state index contributed by atoms with van der Waals surface area (Å²) in [7, 11) is 0. The van der Waals surface area contributed by atoms with E-state index in [1.54, 1.807) is 0 Å². The van der Waals surface area contributed by atoms with Gasteiger partial charge in [0.15, 0.2) is 0 Å². The van der Waals surface area contributed by atoms with E-state index in [1.807, 2.05) is 6.08 Å². The summed E-state index contributed by atoms with van der Waals surface area (Å²) in [6.45, 7) is 1.57. The standard InChI is InChI=1S/C25H27NO2.ClH/c27-24(28)21-9-5-13-26(17-21)22-11-12-25(16-22)15-20-8-2-1-6-18(20)14-19-7-3-4-10-23(19)25;/h1-4,6-10,22H,5,11-17H2,(H,27,28);1H. The lowest BCUT2D eigenvalue weighted by Gasteiger charge is -2.35. The Kier molecular flexibility index (Phi) is 5.54. The number of aliphatic carboxylic acids is 1. The molecule has 1 heterocycles. The fourth-order valence-corrected chi connectivity index (χ4v) is 5.81. The fraction of sp³-hybridized carbons (Fsp3) is 0.400. The summed E-state index contributed by atoms with van der Waals surface area (Å²) in [6.07, 6.45) is 8.35. The molecule has 0 bridgehead atoms. The summed E-state index contributed by atoms with van der Waals surface area (Å²) in [5.41, 5.74) is 6.70. The Morgan fingerprint density at radius 1 is 1.03 bits per heavy atom. The molecule has 0 amide bonds. The second kappa shape index (κ2) is 7.97. The van der Waals surface area contributed by atoms with Gasteiger partial charge in [-0.2, -0.15) is 0 Å². The Morgan fingerprint density at radius 3 is 2.55 bits per heavy atom. The molecule has 0 radical (unpaired) electrons. The van der Waals surface area contributed by atoms with Gasteiger partial charge in [-0.25, -0.2) is 4.79 Å². The van der Waals surface area contributed by atoms with Crippen molar-refractivity contribution in [2.24, 2.45) is 0 Å².